The maximum absolute atomic E-state index is 11.8. The number of piperidine rings is 1. The zero-order valence-electron chi connectivity index (χ0n) is 16.2. The number of likely N-dealkylation sites (tertiary alicyclic amines) is 1. The number of hydrogen-bond acceptors (Lipinski definition) is 6. The van der Waals surface area contributed by atoms with Crippen molar-refractivity contribution in [2.24, 2.45) is 0 Å². The predicted octanol–water partition coefficient (Wildman–Crippen LogP) is 2.09. The fraction of sp³-hybridized carbons (Fsp3) is 0.571. The normalized spacial score (nSPS) is 27.7. The molecular formula is C21H29N3O3. The van der Waals surface area contributed by atoms with Crippen LogP contribution in [0.15, 0.2) is 34.9 Å². The van der Waals surface area contributed by atoms with Crippen LogP contribution in [0.1, 0.15) is 29.0 Å². The summed E-state index contributed by atoms with van der Waals surface area (Å²) in [4.78, 5) is 4.82. The van der Waals surface area contributed by atoms with Gasteiger partial charge in [0.15, 0.2) is 0 Å². The molecule has 1 aromatic heterocycles. The second kappa shape index (κ2) is 7.72. The van der Waals surface area contributed by atoms with Gasteiger partial charge < -0.3 is 14.4 Å². The molecule has 3 heterocycles. The van der Waals surface area contributed by atoms with Gasteiger partial charge in [0.25, 0.3) is 0 Å². The first-order chi connectivity index (χ1) is 13.1. The molecule has 0 amide bonds. The highest BCUT2D eigenvalue weighted by Gasteiger charge is 2.46. The number of ether oxygens (including phenoxy) is 1. The Bertz CT molecular complexity index is 738. The average molecular weight is 371 g/mol. The lowest BCUT2D eigenvalue weighted by Gasteiger charge is -2.50. The maximum Gasteiger partial charge on any atom is 0.138 e. The van der Waals surface area contributed by atoms with Crippen LogP contribution in [0.25, 0.3) is 0 Å². The largest absolute Gasteiger partial charge is 0.383 e. The first-order valence-corrected chi connectivity index (χ1v) is 9.82. The lowest BCUT2D eigenvalue weighted by molar-refractivity contribution is -0.119. The van der Waals surface area contributed by atoms with E-state index in [-0.39, 0.29) is 6.04 Å². The van der Waals surface area contributed by atoms with Gasteiger partial charge in [-0.05, 0) is 25.8 Å². The van der Waals surface area contributed by atoms with Crippen molar-refractivity contribution in [1.29, 1.82) is 0 Å². The van der Waals surface area contributed by atoms with Crippen LogP contribution in [0.2, 0.25) is 0 Å². The summed E-state index contributed by atoms with van der Waals surface area (Å²) in [6.07, 6.45) is 0.711. The van der Waals surface area contributed by atoms with Gasteiger partial charge in [-0.3, -0.25) is 9.80 Å². The van der Waals surface area contributed by atoms with Crippen molar-refractivity contribution in [2.45, 2.75) is 38.5 Å². The molecule has 4 rings (SSSR count). The number of nitrogens with zero attached hydrogens (tertiary/aromatic N) is 3. The van der Waals surface area contributed by atoms with E-state index in [1.54, 1.807) is 0 Å². The molecule has 2 fully saturated rings. The molecule has 2 saturated heterocycles. The maximum atomic E-state index is 11.8. The fourth-order valence-corrected chi connectivity index (χ4v) is 4.45. The van der Waals surface area contributed by atoms with Gasteiger partial charge >= 0.3 is 0 Å². The van der Waals surface area contributed by atoms with Crippen LogP contribution in [-0.4, -0.2) is 65.5 Å². The van der Waals surface area contributed by atoms with Crippen molar-refractivity contribution in [3.63, 3.8) is 0 Å². The number of hydrogen-bond donors (Lipinski definition) is 1. The van der Waals surface area contributed by atoms with E-state index in [0.29, 0.717) is 6.42 Å². The fourth-order valence-electron chi connectivity index (χ4n) is 4.45. The van der Waals surface area contributed by atoms with Crippen LogP contribution >= 0.6 is 0 Å². The molecule has 6 heteroatoms. The minimum atomic E-state index is -0.839. The third-order valence-electron chi connectivity index (χ3n) is 6.11. The summed E-state index contributed by atoms with van der Waals surface area (Å²) >= 11 is 0. The van der Waals surface area contributed by atoms with E-state index in [0.717, 1.165) is 63.0 Å². The Morgan fingerprint density at radius 3 is 2.56 bits per heavy atom. The Morgan fingerprint density at radius 1 is 1.15 bits per heavy atom. The van der Waals surface area contributed by atoms with Crippen LogP contribution in [0, 0.1) is 13.8 Å². The molecule has 0 bridgehead atoms. The third kappa shape index (κ3) is 3.67. The summed E-state index contributed by atoms with van der Waals surface area (Å²) in [6, 6.07) is 10.2. The molecule has 27 heavy (non-hydrogen) atoms. The van der Waals surface area contributed by atoms with Gasteiger partial charge in [0.05, 0.1) is 24.9 Å². The molecule has 0 aliphatic carbocycles. The summed E-state index contributed by atoms with van der Waals surface area (Å²) in [5.41, 5.74) is 2.30. The van der Waals surface area contributed by atoms with Crippen LogP contribution in [0.5, 0.6) is 0 Å². The number of morpholine rings is 1. The minimum absolute atomic E-state index is 0.0398. The van der Waals surface area contributed by atoms with Gasteiger partial charge in [-0.2, -0.15) is 0 Å². The van der Waals surface area contributed by atoms with Gasteiger partial charge in [0.2, 0.25) is 0 Å². The Morgan fingerprint density at radius 2 is 1.89 bits per heavy atom. The second-order valence-corrected chi connectivity index (χ2v) is 7.74. The van der Waals surface area contributed by atoms with Gasteiger partial charge in [-0.25, -0.2) is 0 Å². The van der Waals surface area contributed by atoms with E-state index in [2.05, 4.69) is 27.1 Å². The van der Waals surface area contributed by atoms with Crippen molar-refractivity contribution >= 4 is 0 Å². The second-order valence-electron chi connectivity index (χ2n) is 7.74. The summed E-state index contributed by atoms with van der Waals surface area (Å²) in [5.74, 6) is 0.888. The summed E-state index contributed by atoms with van der Waals surface area (Å²) in [5, 5.41) is 15.9. The third-order valence-corrected chi connectivity index (χ3v) is 6.11. The average Bonchev–Trinajstić information content (AvgIpc) is 3.03. The zero-order valence-corrected chi connectivity index (χ0v) is 16.2. The Balaban J connectivity index is 1.59. The molecule has 2 atom stereocenters. The number of aliphatic hydroxyl groups is 1. The van der Waals surface area contributed by atoms with Crippen molar-refractivity contribution in [3.05, 3.63) is 52.9 Å². The molecule has 1 aromatic carbocycles. The molecule has 0 radical (unpaired) electrons. The summed E-state index contributed by atoms with van der Waals surface area (Å²) in [7, 11) is 0. The Labute approximate surface area is 160 Å². The van der Waals surface area contributed by atoms with Crippen LogP contribution < -0.4 is 0 Å². The number of aromatic nitrogens is 1. The molecule has 2 aromatic rings. The van der Waals surface area contributed by atoms with E-state index in [9.17, 15) is 5.11 Å². The highest BCUT2D eigenvalue weighted by atomic mass is 16.5. The van der Waals surface area contributed by atoms with Crippen molar-refractivity contribution in [2.75, 3.05) is 39.4 Å². The smallest absolute Gasteiger partial charge is 0.138 e. The first-order valence-electron chi connectivity index (χ1n) is 9.82. The monoisotopic (exact) mass is 371 g/mol. The van der Waals surface area contributed by atoms with Gasteiger partial charge in [-0.1, -0.05) is 35.5 Å². The highest BCUT2D eigenvalue weighted by Crippen LogP contribution is 2.37. The van der Waals surface area contributed by atoms with Crippen LogP contribution in [0.3, 0.4) is 0 Å². The minimum Gasteiger partial charge on any atom is -0.383 e. The topological polar surface area (TPSA) is 62.0 Å². The van der Waals surface area contributed by atoms with Gasteiger partial charge in [-0.15, -0.1) is 0 Å². The van der Waals surface area contributed by atoms with Gasteiger partial charge in [0, 0.05) is 38.3 Å². The number of rotatable bonds is 4. The van der Waals surface area contributed by atoms with Crippen LogP contribution in [0.4, 0.5) is 0 Å². The van der Waals surface area contributed by atoms with Crippen LogP contribution in [-0.2, 0) is 16.9 Å². The van der Waals surface area contributed by atoms with E-state index >= 15 is 0 Å². The molecule has 0 saturated carbocycles. The lowest BCUT2D eigenvalue weighted by Crippen LogP contribution is -2.62. The molecule has 6 nitrogen and oxygen atoms in total. The molecular weight excluding hydrogens is 342 g/mol. The molecule has 2 aliphatic heterocycles. The molecule has 146 valence electrons. The van der Waals surface area contributed by atoms with Crippen molar-refractivity contribution in [1.82, 2.24) is 15.0 Å². The molecule has 2 aliphatic rings. The van der Waals surface area contributed by atoms with E-state index in [4.69, 9.17) is 9.26 Å². The summed E-state index contributed by atoms with van der Waals surface area (Å²) in [6.45, 7) is 9.61. The summed E-state index contributed by atoms with van der Waals surface area (Å²) < 4.78 is 10.9. The van der Waals surface area contributed by atoms with E-state index < -0.39 is 5.60 Å². The van der Waals surface area contributed by atoms with Crippen molar-refractivity contribution in [3.8, 4) is 0 Å². The lowest BCUT2D eigenvalue weighted by atomic mass is 9.79. The van der Waals surface area contributed by atoms with E-state index in [1.807, 2.05) is 32.0 Å². The highest BCUT2D eigenvalue weighted by molar-refractivity contribution is 5.27. The Kier molecular flexibility index (Phi) is 5.32. The first kappa shape index (κ1) is 18.6. The SMILES string of the molecule is Cc1noc(C)c1CN1CC[C@](O)(c2ccccc2)[C@H](N2CCOCC2)C1. The van der Waals surface area contributed by atoms with Gasteiger partial charge in [0.1, 0.15) is 11.4 Å². The van der Waals surface area contributed by atoms with E-state index in [1.165, 1.54) is 5.56 Å². The standard InChI is InChI=1S/C21H29N3O3/c1-16-19(17(2)27-22-16)14-23-9-8-21(25,18-6-4-3-5-7-18)20(15-23)24-10-12-26-13-11-24/h3-7,20,25H,8-15H2,1-2H3/t20-,21+/m1/s1. The Hall–Kier alpha value is -1.73. The quantitative estimate of drug-likeness (QED) is 0.888. The zero-order chi connectivity index (χ0) is 18.9. The number of benzene rings is 1. The molecule has 0 unspecified atom stereocenters. The molecule has 1 N–H and O–H groups in total. The predicted molar refractivity (Wildman–Crippen MR) is 102 cm³/mol. The van der Waals surface area contributed by atoms with Crippen molar-refractivity contribution < 1.29 is 14.4 Å². The number of aryl methyl sites for hydroxylation is 2. The molecule has 0 spiro atoms.